The third-order valence-corrected chi connectivity index (χ3v) is 3.32. The van der Waals surface area contributed by atoms with Crippen molar-refractivity contribution in [1.29, 1.82) is 0 Å². The Hall–Kier alpha value is -2.51. The molecule has 1 N–H and O–H groups in total. The van der Waals surface area contributed by atoms with Gasteiger partial charge in [0, 0.05) is 10.0 Å². The molecule has 7 nitrogen and oxygen atoms in total. The molecule has 126 valence electrons. The number of methoxy groups -OCH3 is 1. The summed E-state index contributed by atoms with van der Waals surface area (Å²) in [5.41, 5.74) is -0.243. The fraction of sp³-hybridized carbons (Fsp3) is 0.133. The maximum atomic E-state index is 11.9. The van der Waals surface area contributed by atoms with Crippen LogP contribution in [-0.2, 0) is 4.79 Å². The van der Waals surface area contributed by atoms with Crippen LogP contribution in [-0.4, -0.2) is 24.5 Å². The normalized spacial score (nSPS) is 10.1. The lowest BCUT2D eigenvalue weighted by molar-refractivity contribution is -0.384. The number of benzene rings is 2. The number of hydrogen-bond acceptors (Lipinski definition) is 5. The van der Waals surface area contributed by atoms with Gasteiger partial charge < -0.3 is 14.8 Å². The average molecular weight is 371 g/mol. The Bertz CT molecular complexity index is 762. The second kappa shape index (κ2) is 7.85. The van der Waals surface area contributed by atoms with E-state index in [0.717, 1.165) is 0 Å². The number of nitrogens with one attached hydrogen (secondary N) is 1. The van der Waals surface area contributed by atoms with E-state index in [1.54, 1.807) is 0 Å². The first-order chi connectivity index (χ1) is 11.4. The topological polar surface area (TPSA) is 90.7 Å². The van der Waals surface area contributed by atoms with Gasteiger partial charge in [0.2, 0.25) is 0 Å². The molecule has 0 radical (unpaired) electrons. The van der Waals surface area contributed by atoms with Crippen LogP contribution in [0.5, 0.6) is 11.5 Å². The lowest BCUT2D eigenvalue weighted by Crippen LogP contribution is -2.20. The average Bonchev–Trinajstić information content (AvgIpc) is 2.52. The Morgan fingerprint density at radius 2 is 1.83 bits per heavy atom. The summed E-state index contributed by atoms with van der Waals surface area (Å²) in [5.74, 6) is 0.0516. The van der Waals surface area contributed by atoms with Gasteiger partial charge in [-0.15, -0.1) is 0 Å². The molecule has 0 aliphatic heterocycles. The Kier molecular flexibility index (Phi) is 5.83. The Labute approximate surface area is 147 Å². The largest absolute Gasteiger partial charge is 0.496 e. The molecule has 1 amide bonds. The highest BCUT2D eigenvalue weighted by atomic mass is 35.5. The summed E-state index contributed by atoms with van der Waals surface area (Å²) in [5, 5.41) is 14.2. The third kappa shape index (κ3) is 4.74. The Balaban J connectivity index is 2.05. The maximum Gasteiger partial charge on any atom is 0.296 e. The quantitative estimate of drug-likeness (QED) is 0.614. The molecule has 0 unspecified atom stereocenters. The molecule has 0 saturated carbocycles. The second-order valence-electron chi connectivity index (χ2n) is 4.58. The maximum absolute atomic E-state index is 11.9. The number of carbonyl (C=O) groups excluding carboxylic acids is 1. The van der Waals surface area contributed by atoms with E-state index in [1.165, 1.54) is 43.5 Å². The SMILES string of the molecule is COc1ccc(NC(=O)COc2cc(Cl)cc(Cl)c2)c([N+](=O)[O-])c1. The van der Waals surface area contributed by atoms with Gasteiger partial charge in [-0.25, -0.2) is 0 Å². The molecule has 0 fully saturated rings. The summed E-state index contributed by atoms with van der Waals surface area (Å²) in [4.78, 5) is 22.4. The number of ether oxygens (including phenoxy) is 2. The first kappa shape index (κ1) is 17.8. The van der Waals surface area contributed by atoms with Crippen molar-refractivity contribution in [2.24, 2.45) is 0 Å². The van der Waals surface area contributed by atoms with Crippen LogP contribution in [0.2, 0.25) is 10.0 Å². The van der Waals surface area contributed by atoms with Crippen molar-refractivity contribution in [2.75, 3.05) is 19.0 Å². The smallest absolute Gasteiger partial charge is 0.296 e. The lowest BCUT2D eigenvalue weighted by atomic mass is 10.2. The number of nitro benzene ring substituents is 1. The van der Waals surface area contributed by atoms with Crippen molar-refractivity contribution in [2.45, 2.75) is 0 Å². The summed E-state index contributed by atoms with van der Waals surface area (Å²) >= 11 is 11.7. The Morgan fingerprint density at radius 1 is 1.17 bits per heavy atom. The molecule has 0 atom stereocenters. The predicted octanol–water partition coefficient (Wildman–Crippen LogP) is 3.93. The van der Waals surface area contributed by atoms with Crippen LogP contribution in [0.25, 0.3) is 0 Å². The van der Waals surface area contributed by atoms with E-state index >= 15 is 0 Å². The molecule has 0 spiro atoms. The van der Waals surface area contributed by atoms with Crippen molar-refractivity contribution in [3.63, 3.8) is 0 Å². The molecule has 0 saturated heterocycles. The van der Waals surface area contributed by atoms with E-state index < -0.39 is 10.8 Å². The number of nitro groups is 1. The van der Waals surface area contributed by atoms with Crippen LogP contribution in [0.4, 0.5) is 11.4 Å². The first-order valence-electron chi connectivity index (χ1n) is 6.60. The van der Waals surface area contributed by atoms with Gasteiger partial charge in [0.15, 0.2) is 6.61 Å². The van der Waals surface area contributed by atoms with Crippen LogP contribution < -0.4 is 14.8 Å². The number of rotatable bonds is 6. The summed E-state index contributed by atoms with van der Waals surface area (Å²) in [7, 11) is 1.39. The fourth-order valence-corrected chi connectivity index (χ4v) is 2.35. The van der Waals surface area contributed by atoms with Crippen LogP contribution in [0.3, 0.4) is 0 Å². The standard InChI is InChI=1S/C15H12Cl2N2O5/c1-23-11-2-3-13(14(7-11)19(21)22)18-15(20)8-24-12-5-9(16)4-10(17)6-12/h2-7H,8H2,1H3,(H,18,20). The predicted molar refractivity (Wildman–Crippen MR) is 90.2 cm³/mol. The van der Waals surface area contributed by atoms with Crippen LogP contribution >= 0.6 is 23.2 Å². The van der Waals surface area contributed by atoms with Gasteiger partial charge in [-0.2, -0.15) is 0 Å². The summed E-state index contributed by atoms with van der Waals surface area (Å²) < 4.78 is 10.2. The van der Waals surface area contributed by atoms with Gasteiger partial charge in [0.25, 0.3) is 11.6 Å². The second-order valence-corrected chi connectivity index (χ2v) is 5.46. The van der Waals surface area contributed by atoms with E-state index in [2.05, 4.69) is 5.32 Å². The van der Waals surface area contributed by atoms with E-state index in [1.807, 2.05) is 0 Å². The molecule has 2 aromatic carbocycles. The molecule has 0 heterocycles. The summed E-state index contributed by atoms with van der Waals surface area (Å²) in [6, 6.07) is 8.61. The molecular weight excluding hydrogens is 359 g/mol. The van der Waals surface area contributed by atoms with Crippen LogP contribution in [0, 0.1) is 10.1 Å². The minimum atomic E-state index is -0.615. The summed E-state index contributed by atoms with van der Waals surface area (Å²) in [6.45, 7) is -0.361. The number of halogens is 2. The molecule has 24 heavy (non-hydrogen) atoms. The highest BCUT2D eigenvalue weighted by Crippen LogP contribution is 2.29. The van der Waals surface area contributed by atoms with Gasteiger partial charge in [0.05, 0.1) is 18.1 Å². The molecule has 2 aromatic rings. The third-order valence-electron chi connectivity index (χ3n) is 2.88. The number of anilines is 1. The zero-order chi connectivity index (χ0) is 17.7. The van der Waals surface area contributed by atoms with Gasteiger partial charge in [-0.1, -0.05) is 23.2 Å². The fourth-order valence-electron chi connectivity index (χ4n) is 1.84. The number of hydrogen-bond donors (Lipinski definition) is 1. The van der Waals surface area contributed by atoms with Gasteiger partial charge in [0.1, 0.15) is 17.2 Å². The minimum absolute atomic E-state index is 0.0403. The monoisotopic (exact) mass is 370 g/mol. The van der Waals surface area contributed by atoms with Crippen molar-refractivity contribution in [3.8, 4) is 11.5 Å². The lowest BCUT2D eigenvalue weighted by Gasteiger charge is -2.09. The van der Waals surface area contributed by atoms with E-state index in [0.29, 0.717) is 21.5 Å². The van der Waals surface area contributed by atoms with Gasteiger partial charge in [-0.3, -0.25) is 14.9 Å². The zero-order valence-corrected chi connectivity index (χ0v) is 13.9. The summed E-state index contributed by atoms with van der Waals surface area (Å²) in [6.07, 6.45) is 0. The Morgan fingerprint density at radius 3 is 2.42 bits per heavy atom. The zero-order valence-electron chi connectivity index (χ0n) is 12.4. The van der Waals surface area contributed by atoms with Crippen molar-refractivity contribution in [3.05, 3.63) is 56.6 Å². The van der Waals surface area contributed by atoms with Crippen LogP contribution in [0.1, 0.15) is 0 Å². The first-order valence-corrected chi connectivity index (χ1v) is 7.36. The molecule has 0 aliphatic rings. The number of carbonyl (C=O) groups is 1. The van der Waals surface area contributed by atoms with Crippen molar-refractivity contribution in [1.82, 2.24) is 0 Å². The van der Waals surface area contributed by atoms with E-state index in [9.17, 15) is 14.9 Å². The highest BCUT2D eigenvalue weighted by Gasteiger charge is 2.17. The van der Waals surface area contributed by atoms with Gasteiger partial charge in [-0.05, 0) is 30.3 Å². The van der Waals surface area contributed by atoms with Gasteiger partial charge >= 0.3 is 0 Å². The highest BCUT2D eigenvalue weighted by molar-refractivity contribution is 6.34. The molecular formula is C15H12Cl2N2O5. The van der Waals surface area contributed by atoms with Crippen molar-refractivity contribution < 1.29 is 19.2 Å². The van der Waals surface area contributed by atoms with E-state index in [-0.39, 0.29) is 18.0 Å². The number of amides is 1. The molecule has 0 aliphatic carbocycles. The van der Waals surface area contributed by atoms with Crippen molar-refractivity contribution >= 4 is 40.5 Å². The van der Waals surface area contributed by atoms with E-state index in [4.69, 9.17) is 32.7 Å². The minimum Gasteiger partial charge on any atom is -0.496 e. The van der Waals surface area contributed by atoms with Crippen LogP contribution in [0.15, 0.2) is 36.4 Å². The molecule has 2 rings (SSSR count). The molecule has 9 heteroatoms. The number of nitrogens with zero attached hydrogens (tertiary/aromatic N) is 1. The molecule has 0 bridgehead atoms. The molecule has 0 aromatic heterocycles.